The maximum absolute atomic E-state index is 13.9. The zero-order valence-electron chi connectivity index (χ0n) is 15.9. The van der Waals surface area contributed by atoms with E-state index in [0.717, 1.165) is 17.5 Å². The molecule has 0 radical (unpaired) electrons. The molecule has 150 valence electrons. The first kappa shape index (κ1) is 18.9. The molecule has 2 aromatic carbocycles. The summed E-state index contributed by atoms with van der Waals surface area (Å²) in [4.78, 5) is 6.32. The highest BCUT2D eigenvalue weighted by Crippen LogP contribution is 2.34. The van der Waals surface area contributed by atoms with Crippen LogP contribution >= 0.6 is 0 Å². The highest BCUT2D eigenvalue weighted by molar-refractivity contribution is 5.58. The lowest BCUT2D eigenvalue weighted by molar-refractivity contribution is 0.353. The molecule has 1 N–H and O–H groups in total. The van der Waals surface area contributed by atoms with Crippen molar-refractivity contribution in [2.24, 2.45) is 0 Å². The van der Waals surface area contributed by atoms with Crippen LogP contribution in [0.25, 0.3) is 0 Å². The number of aromatic nitrogens is 3. The second kappa shape index (κ2) is 7.86. The van der Waals surface area contributed by atoms with Gasteiger partial charge in [0.2, 0.25) is 5.95 Å². The Morgan fingerprint density at radius 2 is 1.72 bits per heavy atom. The third-order valence-electron chi connectivity index (χ3n) is 4.76. The van der Waals surface area contributed by atoms with Crippen LogP contribution in [0.4, 0.5) is 26.2 Å². The van der Waals surface area contributed by atoms with Gasteiger partial charge in [0.1, 0.15) is 17.3 Å². The van der Waals surface area contributed by atoms with E-state index in [0.29, 0.717) is 30.5 Å². The van der Waals surface area contributed by atoms with Crippen molar-refractivity contribution in [1.82, 2.24) is 15.2 Å². The summed E-state index contributed by atoms with van der Waals surface area (Å²) in [6, 6.07) is 7.55. The van der Waals surface area contributed by atoms with E-state index in [1.165, 1.54) is 24.4 Å². The van der Waals surface area contributed by atoms with Crippen LogP contribution in [-0.4, -0.2) is 35.9 Å². The number of anilines is 3. The Hall–Kier alpha value is -3.49. The average molecular weight is 399 g/mol. The van der Waals surface area contributed by atoms with E-state index in [1.54, 1.807) is 14.2 Å². The minimum Gasteiger partial charge on any atom is -0.493 e. The van der Waals surface area contributed by atoms with Crippen molar-refractivity contribution in [2.75, 3.05) is 31.0 Å². The van der Waals surface area contributed by atoms with E-state index in [1.807, 2.05) is 17.0 Å². The summed E-state index contributed by atoms with van der Waals surface area (Å²) < 4.78 is 38.5. The number of hydrogen-bond donors (Lipinski definition) is 1. The van der Waals surface area contributed by atoms with Crippen LogP contribution < -0.4 is 19.7 Å². The van der Waals surface area contributed by atoms with Gasteiger partial charge in [0.15, 0.2) is 17.3 Å². The molecule has 0 bridgehead atoms. The molecule has 0 aliphatic carbocycles. The molecule has 0 amide bonds. The zero-order chi connectivity index (χ0) is 20.4. The number of hydrogen-bond acceptors (Lipinski definition) is 7. The fraction of sp³-hybridized carbons (Fsp3) is 0.250. The van der Waals surface area contributed by atoms with Gasteiger partial charge >= 0.3 is 0 Å². The Balaban J connectivity index is 1.58. The Morgan fingerprint density at radius 1 is 1.03 bits per heavy atom. The summed E-state index contributed by atoms with van der Waals surface area (Å²) in [6.45, 7) is 1.22. The largest absolute Gasteiger partial charge is 0.493 e. The van der Waals surface area contributed by atoms with Crippen LogP contribution in [0.5, 0.6) is 11.5 Å². The van der Waals surface area contributed by atoms with E-state index >= 15 is 0 Å². The molecule has 1 aromatic heterocycles. The van der Waals surface area contributed by atoms with Gasteiger partial charge in [-0.3, -0.25) is 0 Å². The van der Waals surface area contributed by atoms with Crippen molar-refractivity contribution in [2.45, 2.75) is 13.0 Å². The third kappa shape index (κ3) is 3.75. The number of ether oxygens (including phenoxy) is 2. The fourth-order valence-electron chi connectivity index (χ4n) is 3.29. The normalized spacial score (nSPS) is 13.0. The second-order valence-electron chi connectivity index (χ2n) is 6.51. The van der Waals surface area contributed by atoms with Crippen molar-refractivity contribution >= 4 is 17.5 Å². The molecule has 1 aliphatic rings. The number of benzene rings is 2. The molecular weight excluding hydrogens is 380 g/mol. The van der Waals surface area contributed by atoms with Gasteiger partial charge in [-0.25, -0.2) is 8.78 Å². The monoisotopic (exact) mass is 399 g/mol. The van der Waals surface area contributed by atoms with Crippen LogP contribution in [0.3, 0.4) is 0 Å². The molecule has 3 aromatic rings. The topological polar surface area (TPSA) is 72.4 Å². The molecular formula is C20H19F2N5O2. The first-order valence-electron chi connectivity index (χ1n) is 8.98. The minimum atomic E-state index is -0.710. The zero-order valence-corrected chi connectivity index (χ0v) is 15.9. The van der Waals surface area contributed by atoms with Crippen LogP contribution in [0.1, 0.15) is 11.1 Å². The number of fused-ring (bicyclic) bond motifs is 1. The Morgan fingerprint density at radius 3 is 2.41 bits per heavy atom. The van der Waals surface area contributed by atoms with Gasteiger partial charge in [-0.2, -0.15) is 10.1 Å². The summed E-state index contributed by atoms with van der Waals surface area (Å²) in [5, 5.41) is 10.7. The number of halogens is 2. The summed E-state index contributed by atoms with van der Waals surface area (Å²) in [6.07, 6.45) is 2.08. The first-order chi connectivity index (χ1) is 14.1. The first-order valence-corrected chi connectivity index (χ1v) is 8.98. The molecule has 0 atom stereocenters. The lowest BCUT2D eigenvalue weighted by Gasteiger charge is -2.29. The van der Waals surface area contributed by atoms with Gasteiger partial charge in [0.05, 0.1) is 20.4 Å². The molecule has 0 fully saturated rings. The van der Waals surface area contributed by atoms with Crippen molar-refractivity contribution in [3.63, 3.8) is 0 Å². The predicted octanol–water partition coefficient (Wildman–Crippen LogP) is 3.47. The standard InChI is InChI=1S/C20H19F2N5O2/c1-28-16-8-12-6-7-27(11-13(12)9-17(16)29-2)20-25-18(10-23-26-20)24-19-14(21)4-3-5-15(19)22/h3-5,8-10H,6-7,11H2,1-2H3,(H,24,25,26). The van der Waals surface area contributed by atoms with Gasteiger partial charge in [-0.15, -0.1) is 5.10 Å². The van der Waals surface area contributed by atoms with Crippen LogP contribution in [-0.2, 0) is 13.0 Å². The molecule has 9 heteroatoms. The van der Waals surface area contributed by atoms with Gasteiger partial charge < -0.3 is 19.7 Å². The Kier molecular flexibility index (Phi) is 5.11. The number of nitrogens with one attached hydrogen (secondary N) is 1. The maximum atomic E-state index is 13.9. The Labute approximate surface area is 166 Å². The minimum absolute atomic E-state index is 0.206. The molecule has 1 aliphatic heterocycles. The van der Waals surface area contributed by atoms with Gasteiger partial charge in [-0.1, -0.05) is 6.07 Å². The van der Waals surface area contributed by atoms with Crippen LogP contribution in [0.2, 0.25) is 0 Å². The summed E-state index contributed by atoms with van der Waals surface area (Å²) in [5.41, 5.74) is 1.95. The highest BCUT2D eigenvalue weighted by atomic mass is 19.1. The lowest BCUT2D eigenvalue weighted by Crippen LogP contribution is -2.32. The van der Waals surface area contributed by atoms with Crippen molar-refractivity contribution in [3.05, 3.63) is 59.3 Å². The van der Waals surface area contributed by atoms with E-state index in [-0.39, 0.29) is 11.5 Å². The van der Waals surface area contributed by atoms with Crippen LogP contribution in [0.15, 0.2) is 36.5 Å². The third-order valence-corrected chi connectivity index (χ3v) is 4.76. The van der Waals surface area contributed by atoms with E-state index < -0.39 is 11.6 Å². The number of methoxy groups -OCH3 is 2. The predicted molar refractivity (Wildman–Crippen MR) is 104 cm³/mol. The number of nitrogens with zero attached hydrogens (tertiary/aromatic N) is 4. The molecule has 2 heterocycles. The number of para-hydroxylation sites is 1. The van der Waals surface area contributed by atoms with Gasteiger partial charge in [0, 0.05) is 13.1 Å². The summed E-state index contributed by atoms with van der Waals surface area (Å²) in [7, 11) is 3.20. The molecule has 0 saturated carbocycles. The second-order valence-corrected chi connectivity index (χ2v) is 6.51. The molecule has 0 saturated heterocycles. The summed E-state index contributed by atoms with van der Waals surface area (Å²) in [5.74, 6) is 0.494. The average Bonchev–Trinajstić information content (AvgIpc) is 2.75. The SMILES string of the molecule is COc1cc2c(cc1OC)CN(c1nncc(Nc3c(F)cccc3F)n1)CC2. The quantitative estimate of drug-likeness (QED) is 0.704. The lowest BCUT2D eigenvalue weighted by atomic mass is 9.99. The maximum Gasteiger partial charge on any atom is 0.247 e. The molecule has 0 unspecified atom stereocenters. The van der Waals surface area contributed by atoms with E-state index in [2.05, 4.69) is 20.5 Å². The van der Waals surface area contributed by atoms with Gasteiger partial charge in [0.25, 0.3) is 0 Å². The smallest absolute Gasteiger partial charge is 0.247 e. The van der Waals surface area contributed by atoms with E-state index in [9.17, 15) is 8.78 Å². The van der Waals surface area contributed by atoms with Crippen molar-refractivity contribution in [3.8, 4) is 11.5 Å². The molecule has 29 heavy (non-hydrogen) atoms. The molecule has 4 rings (SSSR count). The fourth-order valence-corrected chi connectivity index (χ4v) is 3.29. The van der Waals surface area contributed by atoms with E-state index in [4.69, 9.17) is 9.47 Å². The van der Waals surface area contributed by atoms with Gasteiger partial charge in [-0.05, 0) is 41.8 Å². The Bertz CT molecular complexity index is 1030. The summed E-state index contributed by atoms with van der Waals surface area (Å²) >= 11 is 0. The van der Waals surface area contributed by atoms with Crippen LogP contribution in [0, 0.1) is 11.6 Å². The highest BCUT2D eigenvalue weighted by Gasteiger charge is 2.22. The molecule has 0 spiro atoms. The number of rotatable bonds is 5. The van der Waals surface area contributed by atoms with Crippen molar-refractivity contribution < 1.29 is 18.3 Å². The molecule has 7 nitrogen and oxygen atoms in total. The van der Waals surface area contributed by atoms with Crippen molar-refractivity contribution in [1.29, 1.82) is 0 Å².